The van der Waals surface area contributed by atoms with Crippen LogP contribution in [0.15, 0.2) is 223 Å². The average Bonchev–Trinajstić information content (AvgIpc) is 3.85. The second-order valence-corrected chi connectivity index (χ2v) is 16.4. The third-order valence-corrected chi connectivity index (χ3v) is 13.2. The van der Waals surface area contributed by atoms with E-state index >= 15 is 0 Å². The second kappa shape index (κ2) is 13.4. The number of rotatable bonds is 4. The van der Waals surface area contributed by atoms with E-state index in [4.69, 9.17) is 14.4 Å². The quantitative estimate of drug-likeness (QED) is 0.178. The SMILES string of the molecule is c1ccc(-c2ccc(-c3cc(-c4ccc5c(c4)C4(c6ccccc6-c6ccccc6-5)c5ccccc5-c5ccccc54)nc(-c4cccc5c4oc4ccccc45)n3)cc2)cc1. The van der Waals surface area contributed by atoms with Crippen LogP contribution in [0.5, 0.6) is 0 Å². The summed E-state index contributed by atoms with van der Waals surface area (Å²) in [7, 11) is 0. The van der Waals surface area contributed by atoms with Crippen LogP contribution in [-0.2, 0) is 5.41 Å². The molecule has 0 amide bonds. The van der Waals surface area contributed by atoms with E-state index in [2.05, 4.69) is 206 Å². The van der Waals surface area contributed by atoms with Crippen LogP contribution < -0.4 is 0 Å². The van der Waals surface area contributed by atoms with Crippen molar-refractivity contribution in [3.8, 4) is 78.4 Å². The molecule has 0 saturated carbocycles. The summed E-state index contributed by atoms with van der Waals surface area (Å²) in [4.78, 5) is 10.8. The van der Waals surface area contributed by atoms with E-state index in [1.54, 1.807) is 0 Å². The van der Waals surface area contributed by atoms with Crippen LogP contribution in [0.25, 0.3) is 100 Å². The Hall–Kier alpha value is -8.14. The Bertz CT molecular complexity index is 3540. The molecule has 2 aromatic heterocycles. The van der Waals surface area contributed by atoms with Crippen molar-refractivity contribution in [2.24, 2.45) is 0 Å². The highest BCUT2D eigenvalue weighted by Crippen LogP contribution is 2.61. The maximum atomic E-state index is 6.60. The molecule has 288 valence electrons. The molecule has 0 aliphatic heterocycles. The molecule has 62 heavy (non-hydrogen) atoms. The number of furan rings is 1. The fourth-order valence-corrected chi connectivity index (χ4v) is 10.5. The van der Waals surface area contributed by atoms with Gasteiger partial charge in [-0.3, -0.25) is 0 Å². The number of benzene rings is 9. The lowest BCUT2D eigenvalue weighted by molar-refractivity contribution is 0.669. The number of para-hydroxylation sites is 2. The molecule has 0 fully saturated rings. The molecule has 11 aromatic rings. The Morgan fingerprint density at radius 1 is 0.306 bits per heavy atom. The van der Waals surface area contributed by atoms with Gasteiger partial charge in [-0.05, 0) is 91.0 Å². The Morgan fingerprint density at radius 3 is 1.45 bits per heavy atom. The molecule has 0 bridgehead atoms. The molecule has 2 aliphatic carbocycles. The average molecular weight is 789 g/mol. The molecule has 2 aliphatic rings. The lowest BCUT2D eigenvalue weighted by Crippen LogP contribution is -2.29. The highest BCUT2D eigenvalue weighted by atomic mass is 16.3. The molecule has 13 rings (SSSR count). The fraction of sp³-hybridized carbons (Fsp3) is 0.0169. The predicted octanol–water partition coefficient (Wildman–Crippen LogP) is 15.1. The molecule has 0 unspecified atom stereocenters. The molecule has 0 N–H and O–H groups in total. The summed E-state index contributed by atoms with van der Waals surface area (Å²) in [5, 5.41) is 2.12. The van der Waals surface area contributed by atoms with Crippen molar-refractivity contribution in [2.45, 2.75) is 5.41 Å². The van der Waals surface area contributed by atoms with Crippen molar-refractivity contribution in [1.82, 2.24) is 9.97 Å². The van der Waals surface area contributed by atoms with Crippen LogP contribution in [0.3, 0.4) is 0 Å². The van der Waals surface area contributed by atoms with Gasteiger partial charge in [0.1, 0.15) is 11.2 Å². The van der Waals surface area contributed by atoms with Crippen LogP contribution in [-0.4, -0.2) is 9.97 Å². The fourth-order valence-electron chi connectivity index (χ4n) is 10.5. The summed E-state index contributed by atoms with van der Waals surface area (Å²) in [5.41, 5.74) is 20.5. The van der Waals surface area contributed by atoms with Gasteiger partial charge in [-0.2, -0.15) is 0 Å². The van der Waals surface area contributed by atoms with Crippen molar-refractivity contribution in [1.29, 1.82) is 0 Å². The van der Waals surface area contributed by atoms with E-state index in [9.17, 15) is 0 Å². The van der Waals surface area contributed by atoms with Gasteiger partial charge in [0, 0.05) is 21.9 Å². The summed E-state index contributed by atoms with van der Waals surface area (Å²) in [6, 6.07) is 78.8. The van der Waals surface area contributed by atoms with Gasteiger partial charge >= 0.3 is 0 Å². The van der Waals surface area contributed by atoms with E-state index < -0.39 is 5.41 Å². The van der Waals surface area contributed by atoms with Crippen molar-refractivity contribution in [3.63, 3.8) is 0 Å². The minimum absolute atomic E-state index is 0.597. The van der Waals surface area contributed by atoms with Gasteiger partial charge in [-0.1, -0.05) is 194 Å². The van der Waals surface area contributed by atoms with E-state index in [1.165, 1.54) is 61.2 Å². The van der Waals surface area contributed by atoms with Gasteiger partial charge in [0.2, 0.25) is 0 Å². The maximum Gasteiger partial charge on any atom is 0.164 e. The maximum absolute atomic E-state index is 6.60. The zero-order chi connectivity index (χ0) is 40.8. The third kappa shape index (κ3) is 5.00. The first-order chi connectivity index (χ1) is 30.7. The Balaban J connectivity index is 1.09. The van der Waals surface area contributed by atoms with Gasteiger partial charge in [0.05, 0.1) is 22.4 Å². The van der Waals surface area contributed by atoms with E-state index in [0.29, 0.717) is 5.82 Å². The normalized spacial score (nSPS) is 13.0. The number of aromatic nitrogens is 2. The van der Waals surface area contributed by atoms with Crippen molar-refractivity contribution in [2.75, 3.05) is 0 Å². The zero-order valence-corrected chi connectivity index (χ0v) is 33.6. The predicted molar refractivity (Wildman–Crippen MR) is 253 cm³/mol. The molecule has 9 aromatic carbocycles. The monoisotopic (exact) mass is 788 g/mol. The van der Waals surface area contributed by atoms with Crippen LogP contribution in [0.1, 0.15) is 22.3 Å². The Labute approximate surface area is 359 Å². The zero-order valence-electron chi connectivity index (χ0n) is 33.6. The van der Waals surface area contributed by atoms with E-state index in [-0.39, 0.29) is 0 Å². The first-order valence-corrected chi connectivity index (χ1v) is 21.2. The topological polar surface area (TPSA) is 38.9 Å². The van der Waals surface area contributed by atoms with Crippen LogP contribution in [0.2, 0.25) is 0 Å². The largest absolute Gasteiger partial charge is 0.455 e. The first kappa shape index (κ1) is 34.7. The number of nitrogens with zero attached hydrogens (tertiary/aromatic N) is 2. The number of hydrogen-bond acceptors (Lipinski definition) is 3. The van der Waals surface area contributed by atoms with Gasteiger partial charge in [0.15, 0.2) is 5.82 Å². The molecular weight excluding hydrogens is 753 g/mol. The summed E-state index contributed by atoms with van der Waals surface area (Å²) in [5.74, 6) is 0.617. The second-order valence-electron chi connectivity index (χ2n) is 16.4. The highest BCUT2D eigenvalue weighted by molar-refractivity contribution is 6.09. The summed E-state index contributed by atoms with van der Waals surface area (Å²) >= 11 is 0. The molecular formula is C59H36N2O. The van der Waals surface area contributed by atoms with Crippen molar-refractivity contribution in [3.05, 3.63) is 241 Å². The number of hydrogen-bond donors (Lipinski definition) is 0. The molecule has 0 atom stereocenters. The Morgan fingerprint density at radius 2 is 0.774 bits per heavy atom. The van der Waals surface area contributed by atoms with E-state index in [0.717, 1.165) is 55.6 Å². The molecule has 3 heteroatoms. The van der Waals surface area contributed by atoms with Gasteiger partial charge < -0.3 is 4.42 Å². The smallest absolute Gasteiger partial charge is 0.164 e. The molecule has 3 nitrogen and oxygen atoms in total. The third-order valence-electron chi connectivity index (χ3n) is 13.2. The van der Waals surface area contributed by atoms with Crippen LogP contribution in [0.4, 0.5) is 0 Å². The molecule has 0 radical (unpaired) electrons. The van der Waals surface area contributed by atoms with Gasteiger partial charge in [-0.25, -0.2) is 9.97 Å². The standard InChI is InChI=1S/C59H36N2O/c1-2-15-37(16-3-1)38-29-31-39(32-30-38)54-36-55(61-58(60-54)49-24-14-23-48-47-22-9-13-28-56(47)62-57(48)49)40-33-34-46-42-18-5-4-17-41(42)43-19-6-10-25-50(43)59(53(46)35-40)51-26-11-7-20-44(51)45-21-8-12-27-52(45)59/h1-36H. The minimum atomic E-state index is -0.597. The van der Waals surface area contributed by atoms with Crippen molar-refractivity contribution >= 4 is 21.9 Å². The van der Waals surface area contributed by atoms with Crippen LogP contribution >= 0.6 is 0 Å². The lowest BCUT2D eigenvalue weighted by Gasteiger charge is -2.35. The number of fused-ring (bicyclic) bond motifs is 15. The first-order valence-electron chi connectivity index (χ1n) is 21.2. The summed E-state index contributed by atoms with van der Waals surface area (Å²) in [6.45, 7) is 0. The molecule has 1 spiro atoms. The van der Waals surface area contributed by atoms with Gasteiger partial charge in [0.25, 0.3) is 0 Å². The minimum Gasteiger partial charge on any atom is -0.455 e. The van der Waals surface area contributed by atoms with Crippen molar-refractivity contribution < 1.29 is 4.42 Å². The van der Waals surface area contributed by atoms with Crippen LogP contribution in [0, 0.1) is 0 Å². The summed E-state index contributed by atoms with van der Waals surface area (Å²) < 4.78 is 6.60. The molecule has 2 heterocycles. The van der Waals surface area contributed by atoms with E-state index in [1.807, 2.05) is 12.1 Å². The molecule has 0 saturated heterocycles. The summed E-state index contributed by atoms with van der Waals surface area (Å²) in [6.07, 6.45) is 0. The van der Waals surface area contributed by atoms with Gasteiger partial charge in [-0.15, -0.1) is 0 Å². The lowest BCUT2D eigenvalue weighted by atomic mass is 9.65. The highest BCUT2D eigenvalue weighted by Gasteiger charge is 2.49. The Kier molecular flexibility index (Phi) is 7.52.